The van der Waals surface area contributed by atoms with Crippen LogP contribution in [0, 0.1) is 13.8 Å². The molecule has 1 N–H and O–H groups in total. The summed E-state index contributed by atoms with van der Waals surface area (Å²) in [6.07, 6.45) is 1.63. The van der Waals surface area contributed by atoms with E-state index >= 15 is 0 Å². The number of anilines is 1. The summed E-state index contributed by atoms with van der Waals surface area (Å²) in [5.74, 6) is 2.34. The van der Waals surface area contributed by atoms with Crippen molar-refractivity contribution in [3.8, 4) is 11.5 Å². The number of nitrogens with zero attached hydrogens (tertiary/aromatic N) is 1. The Bertz CT molecular complexity index is 1210. The van der Waals surface area contributed by atoms with E-state index in [4.69, 9.17) is 37.7 Å². The van der Waals surface area contributed by atoms with Crippen LogP contribution in [0.1, 0.15) is 29.6 Å². The minimum atomic E-state index is -0.259. The Kier molecular flexibility index (Phi) is 6.72. The van der Waals surface area contributed by atoms with Gasteiger partial charge in [0.15, 0.2) is 5.11 Å². The number of hydrogen-bond donors (Lipinski definition) is 1. The molecule has 4 rings (SSSR count). The van der Waals surface area contributed by atoms with E-state index in [1.54, 1.807) is 36.4 Å². The first-order chi connectivity index (χ1) is 15.9. The van der Waals surface area contributed by atoms with Crippen LogP contribution in [-0.2, 0) is 11.4 Å². The van der Waals surface area contributed by atoms with Crippen LogP contribution in [0.5, 0.6) is 11.5 Å². The molecule has 0 spiro atoms. The molecule has 1 aromatic heterocycles. The molecule has 0 aliphatic carbocycles. The van der Waals surface area contributed by atoms with Crippen molar-refractivity contribution in [1.82, 2.24) is 5.32 Å². The topological polar surface area (TPSA) is 63.9 Å². The summed E-state index contributed by atoms with van der Waals surface area (Å²) >= 11 is 11.6. The zero-order valence-corrected chi connectivity index (χ0v) is 20.0. The van der Waals surface area contributed by atoms with Crippen molar-refractivity contribution in [2.24, 2.45) is 0 Å². The molecule has 0 radical (unpaired) electrons. The zero-order valence-electron chi connectivity index (χ0n) is 18.5. The second-order valence-electron chi connectivity index (χ2n) is 7.52. The van der Waals surface area contributed by atoms with Gasteiger partial charge in [0.05, 0.1) is 12.3 Å². The largest absolute Gasteiger partial charge is 0.494 e. The minimum Gasteiger partial charge on any atom is -0.494 e. The average molecular weight is 483 g/mol. The number of rotatable bonds is 7. The lowest BCUT2D eigenvalue weighted by molar-refractivity contribution is -0.113. The van der Waals surface area contributed by atoms with Crippen LogP contribution in [0.25, 0.3) is 6.08 Å². The Hall–Kier alpha value is -3.29. The van der Waals surface area contributed by atoms with Gasteiger partial charge < -0.3 is 19.2 Å². The zero-order chi connectivity index (χ0) is 23.5. The number of carbonyl (C=O) groups is 1. The highest BCUT2D eigenvalue weighted by Gasteiger charge is 2.32. The van der Waals surface area contributed by atoms with Crippen molar-refractivity contribution in [1.29, 1.82) is 0 Å². The molecule has 0 atom stereocenters. The average Bonchev–Trinajstić information content (AvgIpc) is 3.35. The third-order valence-electron chi connectivity index (χ3n) is 5.04. The molecule has 8 heteroatoms. The summed E-state index contributed by atoms with van der Waals surface area (Å²) in [4.78, 5) is 14.4. The maximum atomic E-state index is 12.9. The van der Waals surface area contributed by atoms with Gasteiger partial charge in [-0.25, -0.2) is 0 Å². The summed E-state index contributed by atoms with van der Waals surface area (Å²) in [6.45, 7) is 6.61. The Morgan fingerprint density at radius 1 is 1.06 bits per heavy atom. The Morgan fingerprint density at radius 3 is 2.42 bits per heavy atom. The molecule has 2 heterocycles. The summed E-state index contributed by atoms with van der Waals surface area (Å²) < 4.78 is 17.1. The number of thiocarbonyl (C=S) groups is 1. The SMILES string of the molecule is CCOc1ccc(N2C(=O)/C(=C\c3ccc(COc4cc(C)c(Cl)c(C)c4)o3)NC2=S)cc1. The van der Waals surface area contributed by atoms with Crippen LogP contribution in [0.4, 0.5) is 5.69 Å². The van der Waals surface area contributed by atoms with Gasteiger partial charge in [0, 0.05) is 11.1 Å². The quantitative estimate of drug-likeness (QED) is 0.339. The van der Waals surface area contributed by atoms with E-state index in [1.807, 2.05) is 39.0 Å². The number of ether oxygens (including phenoxy) is 2. The predicted molar refractivity (Wildman–Crippen MR) is 133 cm³/mol. The van der Waals surface area contributed by atoms with Crippen molar-refractivity contribution in [3.05, 3.63) is 81.9 Å². The monoisotopic (exact) mass is 482 g/mol. The molecule has 0 saturated carbocycles. The number of benzene rings is 2. The third-order valence-corrected chi connectivity index (χ3v) is 5.93. The van der Waals surface area contributed by atoms with Crippen molar-refractivity contribution in [2.75, 3.05) is 11.5 Å². The highest BCUT2D eigenvalue weighted by molar-refractivity contribution is 7.80. The van der Waals surface area contributed by atoms with Crippen LogP contribution in [0.3, 0.4) is 0 Å². The van der Waals surface area contributed by atoms with Gasteiger partial charge in [-0.15, -0.1) is 0 Å². The fraction of sp³-hybridized carbons (Fsp3) is 0.200. The molecule has 0 bridgehead atoms. The number of hydrogen-bond acceptors (Lipinski definition) is 5. The first-order valence-electron chi connectivity index (χ1n) is 10.4. The highest BCUT2D eigenvalue weighted by atomic mass is 35.5. The predicted octanol–water partition coefficient (Wildman–Crippen LogP) is 5.79. The van der Waals surface area contributed by atoms with E-state index in [2.05, 4.69) is 5.32 Å². The van der Waals surface area contributed by atoms with E-state index in [0.29, 0.717) is 34.6 Å². The molecule has 170 valence electrons. The van der Waals surface area contributed by atoms with E-state index in [1.165, 1.54) is 4.90 Å². The molecular weight excluding hydrogens is 460 g/mol. The molecule has 1 aliphatic rings. The molecule has 1 fully saturated rings. The highest BCUT2D eigenvalue weighted by Crippen LogP contribution is 2.27. The molecular formula is C25H23ClN2O4S. The van der Waals surface area contributed by atoms with Gasteiger partial charge in [-0.3, -0.25) is 9.69 Å². The summed E-state index contributed by atoms with van der Waals surface area (Å²) in [7, 11) is 0. The Labute approximate surface area is 202 Å². The fourth-order valence-corrected chi connectivity index (χ4v) is 3.87. The fourth-order valence-electron chi connectivity index (χ4n) is 3.46. The van der Waals surface area contributed by atoms with Crippen LogP contribution < -0.4 is 19.7 Å². The van der Waals surface area contributed by atoms with Crippen molar-refractivity contribution >= 4 is 46.6 Å². The van der Waals surface area contributed by atoms with Gasteiger partial charge >= 0.3 is 0 Å². The molecule has 6 nitrogen and oxygen atoms in total. The van der Waals surface area contributed by atoms with Gasteiger partial charge in [0.1, 0.15) is 35.3 Å². The van der Waals surface area contributed by atoms with E-state index in [0.717, 1.165) is 27.6 Å². The Balaban J connectivity index is 1.44. The van der Waals surface area contributed by atoms with E-state index < -0.39 is 0 Å². The summed E-state index contributed by atoms with van der Waals surface area (Å²) in [5, 5.41) is 4.00. The summed E-state index contributed by atoms with van der Waals surface area (Å²) in [6, 6.07) is 14.6. The van der Waals surface area contributed by atoms with Gasteiger partial charge in [0.25, 0.3) is 5.91 Å². The minimum absolute atomic E-state index is 0.252. The number of nitrogens with one attached hydrogen (secondary N) is 1. The van der Waals surface area contributed by atoms with Crippen LogP contribution in [0.2, 0.25) is 5.02 Å². The number of furan rings is 1. The third kappa shape index (κ3) is 5.05. The van der Waals surface area contributed by atoms with Crippen molar-refractivity contribution in [2.45, 2.75) is 27.4 Å². The van der Waals surface area contributed by atoms with E-state index in [-0.39, 0.29) is 12.5 Å². The van der Waals surface area contributed by atoms with Crippen LogP contribution in [0.15, 0.2) is 58.6 Å². The standard InChI is InChI=1S/C25H23ClN2O4S/c1-4-30-18-7-5-17(6-8-18)28-24(29)22(27-25(28)33)13-19-9-10-20(32-19)14-31-21-11-15(2)23(26)16(3)12-21/h5-13H,4,14H2,1-3H3,(H,27,33)/b22-13+. The number of carbonyl (C=O) groups excluding carboxylic acids is 1. The number of aryl methyl sites for hydroxylation is 2. The first kappa shape index (κ1) is 22.9. The van der Waals surface area contributed by atoms with Gasteiger partial charge in [0.2, 0.25) is 0 Å². The lowest BCUT2D eigenvalue weighted by atomic mass is 10.1. The molecule has 3 aromatic rings. The first-order valence-corrected chi connectivity index (χ1v) is 11.2. The molecule has 2 aromatic carbocycles. The Morgan fingerprint density at radius 2 is 1.76 bits per heavy atom. The van der Waals surface area contributed by atoms with Crippen LogP contribution >= 0.6 is 23.8 Å². The molecule has 0 unspecified atom stereocenters. The van der Waals surface area contributed by atoms with Gasteiger partial charge in [-0.05, 0) is 92.6 Å². The number of amides is 1. The number of halogens is 1. The molecule has 1 saturated heterocycles. The van der Waals surface area contributed by atoms with Crippen LogP contribution in [-0.4, -0.2) is 17.6 Å². The lowest BCUT2D eigenvalue weighted by Crippen LogP contribution is -2.30. The molecule has 33 heavy (non-hydrogen) atoms. The second kappa shape index (κ2) is 9.68. The molecule has 1 amide bonds. The second-order valence-corrected chi connectivity index (χ2v) is 8.28. The van der Waals surface area contributed by atoms with Crippen molar-refractivity contribution in [3.63, 3.8) is 0 Å². The normalized spacial score (nSPS) is 14.7. The smallest absolute Gasteiger partial charge is 0.281 e. The summed E-state index contributed by atoms with van der Waals surface area (Å²) in [5.41, 5.74) is 2.90. The molecule has 1 aliphatic heterocycles. The maximum absolute atomic E-state index is 12.9. The lowest BCUT2D eigenvalue weighted by Gasteiger charge is -2.14. The van der Waals surface area contributed by atoms with E-state index in [9.17, 15) is 4.79 Å². The van der Waals surface area contributed by atoms with Gasteiger partial charge in [-0.1, -0.05) is 11.6 Å². The van der Waals surface area contributed by atoms with Crippen molar-refractivity contribution < 1.29 is 18.7 Å². The van der Waals surface area contributed by atoms with Gasteiger partial charge in [-0.2, -0.15) is 0 Å². The maximum Gasteiger partial charge on any atom is 0.281 e.